The van der Waals surface area contributed by atoms with Crippen LogP contribution in [-0.4, -0.2) is 24.0 Å². The third-order valence-corrected chi connectivity index (χ3v) is 3.11. The molecule has 0 fully saturated rings. The maximum absolute atomic E-state index is 12.7. The second-order valence-corrected chi connectivity index (χ2v) is 4.99. The Balaban J connectivity index is 2.35. The lowest BCUT2D eigenvalue weighted by Gasteiger charge is -2.17. The zero-order valence-electron chi connectivity index (χ0n) is 12.6. The maximum Gasteiger partial charge on any atom is 0.315 e. The zero-order valence-corrected chi connectivity index (χ0v) is 12.6. The Morgan fingerprint density at radius 2 is 1.76 bits per heavy atom. The van der Waals surface area contributed by atoms with Gasteiger partial charge in [-0.1, -0.05) is 19.1 Å². The van der Waals surface area contributed by atoms with E-state index in [-0.39, 0.29) is 24.3 Å². The van der Waals surface area contributed by atoms with Crippen molar-refractivity contribution >= 4 is 11.9 Å². The van der Waals surface area contributed by atoms with E-state index in [1.165, 1.54) is 12.1 Å². The van der Waals surface area contributed by atoms with E-state index in [0.717, 1.165) is 12.0 Å². The molecule has 0 saturated carbocycles. The van der Waals surface area contributed by atoms with E-state index in [0.29, 0.717) is 0 Å². The molecule has 1 rings (SSSR count). The van der Waals surface area contributed by atoms with Crippen molar-refractivity contribution in [2.24, 2.45) is 0 Å². The lowest BCUT2D eigenvalue weighted by atomic mass is 10.2. The predicted molar refractivity (Wildman–Crippen MR) is 79.1 cm³/mol. The third kappa shape index (κ3) is 6.25. The Kier molecular flexibility index (Phi) is 6.65. The molecule has 0 heterocycles. The van der Waals surface area contributed by atoms with Gasteiger partial charge in [0, 0.05) is 12.6 Å². The summed E-state index contributed by atoms with van der Waals surface area (Å²) in [5, 5.41) is 7.97. The Morgan fingerprint density at radius 1 is 1.14 bits per heavy atom. The van der Waals surface area contributed by atoms with Crippen LogP contribution in [0.15, 0.2) is 24.3 Å². The first kappa shape index (κ1) is 16.9. The van der Waals surface area contributed by atoms with E-state index >= 15 is 0 Å². The molecular formula is C15H22FN3O2. The summed E-state index contributed by atoms with van der Waals surface area (Å²) in [5.74, 6) is -0.542. The number of halogens is 1. The number of urea groups is 1. The van der Waals surface area contributed by atoms with Crippen molar-refractivity contribution in [3.8, 4) is 0 Å². The van der Waals surface area contributed by atoms with Gasteiger partial charge in [-0.05, 0) is 38.0 Å². The normalized spacial score (nSPS) is 13.1. The van der Waals surface area contributed by atoms with Gasteiger partial charge in [0.05, 0.1) is 0 Å². The van der Waals surface area contributed by atoms with Crippen molar-refractivity contribution in [1.82, 2.24) is 16.0 Å². The molecule has 3 N–H and O–H groups in total. The largest absolute Gasteiger partial charge is 0.352 e. The van der Waals surface area contributed by atoms with Gasteiger partial charge in [0.2, 0.25) is 5.91 Å². The fourth-order valence-electron chi connectivity index (χ4n) is 1.57. The van der Waals surface area contributed by atoms with E-state index in [9.17, 15) is 14.0 Å². The summed E-state index contributed by atoms with van der Waals surface area (Å²) in [6.45, 7) is 5.76. The standard InChI is InChI=1S/C15H22FN3O2/c1-4-10(2)18-14(20)11(3)19-15(21)17-9-12-5-7-13(16)8-6-12/h5-8,10-11H,4,9H2,1-3H3,(H,18,20)(H2,17,19,21)/t10-,11-/m0/s1. The highest BCUT2D eigenvalue weighted by atomic mass is 19.1. The Labute approximate surface area is 124 Å². The summed E-state index contributed by atoms with van der Waals surface area (Å²) in [6.07, 6.45) is 0.829. The number of carbonyl (C=O) groups excluding carboxylic acids is 2. The highest BCUT2D eigenvalue weighted by Gasteiger charge is 2.16. The van der Waals surface area contributed by atoms with Crippen molar-refractivity contribution in [2.75, 3.05) is 0 Å². The van der Waals surface area contributed by atoms with Crippen molar-refractivity contribution in [1.29, 1.82) is 0 Å². The molecule has 0 unspecified atom stereocenters. The van der Waals surface area contributed by atoms with Crippen LogP contribution in [-0.2, 0) is 11.3 Å². The van der Waals surface area contributed by atoms with Crippen molar-refractivity contribution in [2.45, 2.75) is 45.8 Å². The topological polar surface area (TPSA) is 70.2 Å². The highest BCUT2D eigenvalue weighted by molar-refractivity contribution is 5.86. The van der Waals surface area contributed by atoms with Crippen LogP contribution >= 0.6 is 0 Å². The van der Waals surface area contributed by atoms with E-state index < -0.39 is 12.1 Å². The predicted octanol–water partition coefficient (Wildman–Crippen LogP) is 1.93. The molecule has 0 radical (unpaired) electrons. The summed E-state index contributed by atoms with van der Waals surface area (Å²) in [5.41, 5.74) is 0.781. The first-order valence-electron chi connectivity index (χ1n) is 7.01. The zero-order chi connectivity index (χ0) is 15.8. The molecule has 0 saturated heterocycles. The van der Waals surface area contributed by atoms with Crippen LogP contribution in [0.1, 0.15) is 32.8 Å². The maximum atomic E-state index is 12.7. The minimum atomic E-state index is -0.618. The number of amides is 3. The smallest absolute Gasteiger partial charge is 0.315 e. The van der Waals surface area contributed by atoms with Crippen LogP contribution in [0, 0.1) is 5.82 Å². The van der Waals surface area contributed by atoms with Crippen LogP contribution in [0.4, 0.5) is 9.18 Å². The quantitative estimate of drug-likeness (QED) is 0.750. The minimum Gasteiger partial charge on any atom is -0.352 e. The van der Waals surface area contributed by atoms with Crippen LogP contribution in [0.2, 0.25) is 0 Å². The molecule has 0 aliphatic carbocycles. The van der Waals surface area contributed by atoms with Gasteiger partial charge in [-0.25, -0.2) is 9.18 Å². The van der Waals surface area contributed by atoms with Gasteiger partial charge < -0.3 is 16.0 Å². The second-order valence-electron chi connectivity index (χ2n) is 4.99. The summed E-state index contributed by atoms with van der Waals surface area (Å²) >= 11 is 0. The first-order chi connectivity index (χ1) is 9.92. The average Bonchev–Trinajstić information content (AvgIpc) is 2.46. The minimum absolute atomic E-state index is 0.0732. The van der Waals surface area contributed by atoms with Crippen LogP contribution in [0.25, 0.3) is 0 Å². The molecule has 21 heavy (non-hydrogen) atoms. The fraction of sp³-hybridized carbons (Fsp3) is 0.467. The number of hydrogen-bond acceptors (Lipinski definition) is 2. The molecule has 3 amide bonds. The van der Waals surface area contributed by atoms with Gasteiger partial charge >= 0.3 is 6.03 Å². The van der Waals surface area contributed by atoms with Gasteiger partial charge in [0.1, 0.15) is 11.9 Å². The third-order valence-electron chi connectivity index (χ3n) is 3.11. The van der Waals surface area contributed by atoms with Gasteiger partial charge in [-0.3, -0.25) is 4.79 Å². The highest BCUT2D eigenvalue weighted by Crippen LogP contribution is 2.01. The number of hydrogen-bond donors (Lipinski definition) is 3. The molecule has 1 aromatic carbocycles. The van der Waals surface area contributed by atoms with Gasteiger partial charge in [0.15, 0.2) is 0 Å². The molecule has 0 aromatic heterocycles. The molecule has 6 heteroatoms. The Bertz CT molecular complexity index is 476. The molecular weight excluding hydrogens is 273 g/mol. The lowest BCUT2D eigenvalue weighted by Crippen LogP contribution is -2.49. The van der Waals surface area contributed by atoms with Gasteiger partial charge in [0.25, 0.3) is 0 Å². The fourth-order valence-corrected chi connectivity index (χ4v) is 1.57. The van der Waals surface area contributed by atoms with Crippen molar-refractivity contribution in [3.63, 3.8) is 0 Å². The number of nitrogens with one attached hydrogen (secondary N) is 3. The van der Waals surface area contributed by atoms with Crippen LogP contribution < -0.4 is 16.0 Å². The van der Waals surface area contributed by atoms with Crippen LogP contribution in [0.5, 0.6) is 0 Å². The average molecular weight is 295 g/mol. The molecule has 2 atom stereocenters. The monoisotopic (exact) mass is 295 g/mol. The summed E-state index contributed by atoms with van der Waals surface area (Å²) in [4.78, 5) is 23.4. The summed E-state index contributed by atoms with van der Waals surface area (Å²) < 4.78 is 12.7. The van der Waals surface area contributed by atoms with E-state index in [1.54, 1.807) is 19.1 Å². The number of benzene rings is 1. The molecule has 0 bridgehead atoms. The molecule has 1 aromatic rings. The van der Waals surface area contributed by atoms with Gasteiger partial charge in [-0.15, -0.1) is 0 Å². The number of carbonyl (C=O) groups is 2. The van der Waals surface area contributed by atoms with Crippen LogP contribution in [0.3, 0.4) is 0 Å². The first-order valence-corrected chi connectivity index (χ1v) is 7.01. The lowest BCUT2D eigenvalue weighted by molar-refractivity contribution is -0.123. The molecule has 0 aliphatic rings. The van der Waals surface area contributed by atoms with Gasteiger partial charge in [-0.2, -0.15) is 0 Å². The Morgan fingerprint density at radius 3 is 2.33 bits per heavy atom. The Hall–Kier alpha value is -2.11. The number of rotatable bonds is 6. The SMILES string of the molecule is CC[C@H](C)NC(=O)[C@H](C)NC(=O)NCc1ccc(F)cc1. The van der Waals surface area contributed by atoms with E-state index in [2.05, 4.69) is 16.0 Å². The van der Waals surface area contributed by atoms with Crippen molar-refractivity contribution in [3.05, 3.63) is 35.6 Å². The molecule has 0 spiro atoms. The summed E-state index contributed by atoms with van der Waals surface area (Å²) in [6, 6.07) is 4.86. The van der Waals surface area contributed by atoms with Crippen molar-refractivity contribution < 1.29 is 14.0 Å². The second kappa shape index (κ2) is 8.24. The van der Waals surface area contributed by atoms with E-state index in [1.807, 2.05) is 13.8 Å². The molecule has 116 valence electrons. The molecule has 5 nitrogen and oxygen atoms in total. The molecule has 0 aliphatic heterocycles. The summed E-state index contributed by atoms with van der Waals surface area (Å²) in [7, 11) is 0. The van der Waals surface area contributed by atoms with E-state index in [4.69, 9.17) is 0 Å².